The molecular formula is C15H21FO2. The summed E-state index contributed by atoms with van der Waals surface area (Å²) in [6, 6.07) is 6.08. The average molecular weight is 252 g/mol. The second-order valence-electron chi connectivity index (χ2n) is 5.01. The van der Waals surface area contributed by atoms with Crippen molar-refractivity contribution < 1.29 is 14.2 Å². The maximum absolute atomic E-state index is 12.9. The predicted molar refractivity (Wildman–Crippen MR) is 68.8 cm³/mol. The first-order valence-electron chi connectivity index (χ1n) is 6.75. The summed E-state index contributed by atoms with van der Waals surface area (Å²) in [6.45, 7) is 2.55. The van der Waals surface area contributed by atoms with E-state index in [0.29, 0.717) is 6.61 Å². The predicted octanol–water partition coefficient (Wildman–Crippen LogP) is 3.60. The van der Waals surface area contributed by atoms with E-state index in [1.54, 1.807) is 12.1 Å². The minimum Gasteiger partial charge on any atom is -0.385 e. The molecule has 1 aliphatic carbocycles. The lowest BCUT2D eigenvalue weighted by molar-refractivity contribution is -0.141. The summed E-state index contributed by atoms with van der Waals surface area (Å²) in [7, 11) is 0. The molecule has 0 bridgehead atoms. The Hall–Kier alpha value is -0.930. The van der Waals surface area contributed by atoms with Crippen molar-refractivity contribution in [3.05, 3.63) is 35.6 Å². The lowest BCUT2D eigenvalue weighted by atomic mass is 9.78. The van der Waals surface area contributed by atoms with Gasteiger partial charge in [-0.15, -0.1) is 0 Å². The van der Waals surface area contributed by atoms with Crippen LogP contribution in [0.25, 0.3) is 0 Å². The van der Waals surface area contributed by atoms with Crippen molar-refractivity contribution in [3.63, 3.8) is 0 Å². The van der Waals surface area contributed by atoms with Crippen molar-refractivity contribution in [2.75, 3.05) is 6.61 Å². The second-order valence-corrected chi connectivity index (χ2v) is 5.01. The zero-order valence-corrected chi connectivity index (χ0v) is 10.9. The molecule has 2 rings (SSSR count). The van der Waals surface area contributed by atoms with Gasteiger partial charge in [0, 0.05) is 6.61 Å². The van der Waals surface area contributed by atoms with Crippen molar-refractivity contribution in [1.82, 2.24) is 0 Å². The van der Waals surface area contributed by atoms with Crippen LogP contribution in [-0.2, 0) is 4.74 Å². The van der Waals surface area contributed by atoms with Crippen LogP contribution in [0.1, 0.15) is 50.7 Å². The van der Waals surface area contributed by atoms with Gasteiger partial charge in [0.05, 0.1) is 5.60 Å². The Bertz CT molecular complexity index is 363. The van der Waals surface area contributed by atoms with E-state index in [4.69, 9.17) is 4.74 Å². The summed E-state index contributed by atoms with van der Waals surface area (Å²) >= 11 is 0. The minimum absolute atomic E-state index is 0.278. The lowest BCUT2D eigenvalue weighted by Gasteiger charge is -2.41. The van der Waals surface area contributed by atoms with Crippen molar-refractivity contribution >= 4 is 0 Å². The van der Waals surface area contributed by atoms with Gasteiger partial charge in [0.2, 0.25) is 0 Å². The van der Waals surface area contributed by atoms with E-state index in [2.05, 4.69) is 0 Å². The van der Waals surface area contributed by atoms with Crippen LogP contribution in [0.3, 0.4) is 0 Å². The largest absolute Gasteiger partial charge is 0.385 e. The highest BCUT2D eigenvalue weighted by atomic mass is 19.1. The smallest absolute Gasteiger partial charge is 0.123 e. The first kappa shape index (κ1) is 13.5. The summed E-state index contributed by atoms with van der Waals surface area (Å²) < 4.78 is 18.8. The monoisotopic (exact) mass is 252 g/mol. The molecular weight excluding hydrogens is 231 g/mol. The number of rotatable bonds is 4. The third-order valence-corrected chi connectivity index (χ3v) is 3.82. The molecule has 1 aromatic rings. The highest BCUT2D eigenvalue weighted by Gasteiger charge is 2.40. The van der Waals surface area contributed by atoms with E-state index in [1.807, 2.05) is 6.92 Å². The Balaban J connectivity index is 2.21. The summed E-state index contributed by atoms with van der Waals surface area (Å²) in [4.78, 5) is 0. The van der Waals surface area contributed by atoms with E-state index >= 15 is 0 Å². The van der Waals surface area contributed by atoms with Crippen LogP contribution in [0.5, 0.6) is 0 Å². The third kappa shape index (κ3) is 2.73. The van der Waals surface area contributed by atoms with Gasteiger partial charge >= 0.3 is 0 Å². The van der Waals surface area contributed by atoms with Crippen molar-refractivity contribution in [2.45, 2.75) is 50.7 Å². The van der Waals surface area contributed by atoms with Crippen LogP contribution < -0.4 is 0 Å². The van der Waals surface area contributed by atoms with E-state index in [-0.39, 0.29) is 5.82 Å². The van der Waals surface area contributed by atoms with Gasteiger partial charge < -0.3 is 9.84 Å². The first-order chi connectivity index (χ1) is 8.68. The van der Waals surface area contributed by atoms with E-state index in [0.717, 1.165) is 31.2 Å². The number of aliphatic hydroxyl groups is 1. The normalized spacial score (nSPS) is 20.6. The highest BCUT2D eigenvalue weighted by Crippen LogP contribution is 2.41. The van der Waals surface area contributed by atoms with Crippen LogP contribution in [0, 0.1) is 5.82 Å². The average Bonchev–Trinajstić information content (AvgIpc) is 2.40. The van der Waals surface area contributed by atoms with Crippen LogP contribution in [0.4, 0.5) is 4.39 Å². The maximum atomic E-state index is 12.9. The molecule has 0 saturated heterocycles. The standard InChI is InChI=1S/C15H21FO2/c1-2-18-15(10-4-3-5-11-15)14(17)12-6-8-13(16)9-7-12/h6-9,14,17H,2-5,10-11H2,1H3. The summed E-state index contributed by atoms with van der Waals surface area (Å²) in [5.41, 5.74) is 0.261. The van der Waals surface area contributed by atoms with Crippen LogP contribution in [0.2, 0.25) is 0 Å². The van der Waals surface area contributed by atoms with Gasteiger partial charge in [-0.25, -0.2) is 4.39 Å². The Morgan fingerprint density at radius 1 is 1.22 bits per heavy atom. The molecule has 3 heteroatoms. The van der Waals surface area contributed by atoms with Gasteiger partial charge in [0.25, 0.3) is 0 Å². The fraction of sp³-hybridized carbons (Fsp3) is 0.600. The van der Waals surface area contributed by atoms with Crippen LogP contribution in [-0.4, -0.2) is 17.3 Å². The quantitative estimate of drug-likeness (QED) is 0.887. The van der Waals surface area contributed by atoms with E-state index < -0.39 is 11.7 Å². The van der Waals surface area contributed by atoms with Gasteiger partial charge in [0.15, 0.2) is 0 Å². The second kappa shape index (κ2) is 5.81. The molecule has 0 heterocycles. The molecule has 1 N–H and O–H groups in total. The Morgan fingerprint density at radius 2 is 1.83 bits per heavy atom. The Labute approximate surface area is 108 Å². The topological polar surface area (TPSA) is 29.5 Å². The third-order valence-electron chi connectivity index (χ3n) is 3.82. The van der Waals surface area contributed by atoms with Crippen molar-refractivity contribution in [3.8, 4) is 0 Å². The fourth-order valence-electron chi connectivity index (χ4n) is 2.88. The molecule has 0 amide bonds. The van der Waals surface area contributed by atoms with Gasteiger partial charge in [-0.1, -0.05) is 31.4 Å². The molecule has 0 radical (unpaired) electrons. The van der Waals surface area contributed by atoms with Gasteiger partial charge in [0.1, 0.15) is 11.9 Å². The molecule has 0 spiro atoms. The molecule has 1 unspecified atom stereocenters. The molecule has 100 valence electrons. The Kier molecular flexibility index (Phi) is 4.36. The SMILES string of the molecule is CCOC1(C(O)c2ccc(F)cc2)CCCCC1. The van der Waals surface area contributed by atoms with Gasteiger partial charge in [-0.2, -0.15) is 0 Å². The van der Waals surface area contributed by atoms with Crippen LogP contribution in [0.15, 0.2) is 24.3 Å². The molecule has 1 atom stereocenters. The molecule has 1 fully saturated rings. The minimum atomic E-state index is -0.668. The number of ether oxygens (including phenoxy) is 1. The first-order valence-corrected chi connectivity index (χ1v) is 6.75. The molecule has 1 aromatic carbocycles. The molecule has 1 aliphatic rings. The Morgan fingerprint density at radius 3 is 2.39 bits per heavy atom. The highest BCUT2D eigenvalue weighted by molar-refractivity contribution is 5.21. The summed E-state index contributed by atoms with van der Waals surface area (Å²) in [5.74, 6) is -0.278. The van der Waals surface area contributed by atoms with E-state index in [1.165, 1.54) is 18.6 Å². The van der Waals surface area contributed by atoms with E-state index in [9.17, 15) is 9.50 Å². The summed E-state index contributed by atoms with van der Waals surface area (Å²) in [6.07, 6.45) is 4.44. The number of aliphatic hydroxyl groups excluding tert-OH is 1. The lowest BCUT2D eigenvalue weighted by Crippen LogP contribution is -2.41. The molecule has 0 aromatic heterocycles. The number of hydrogen-bond acceptors (Lipinski definition) is 2. The zero-order valence-electron chi connectivity index (χ0n) is 10.9. The molecule has 1 saturated carbocycles. The number of benzene rings is 1. The van der Waals surface area contributed by atoms with Gasteiger partial charge in [-0.3, -0.25) is 0 Å². The van der Waals surface area contributed by atoms with Crippen molar-refractivity contribution in [2.24, 2.45) is 0 Å². The van der Waals surface area contributed by atoms with Crippen LogP contribution >= 0.6 is 0 Å². The van der Waals surface area contributed by atoms with Crippen molar-refractivity contribution in [1.29, 1.82) is 0 Å². The molecule has 0 aliphatic heterocycles. The fourth-order valence-corrected chi connectivity index (χ4v) is 2.88. The molecule has 2 nitrogen and oxygen atoms in total. The zero-order chi connectivity index (χ0) is 13.0. The number of halogens is 1. The van der Waals surface area contributed by atoms with Gasteiger partial charge in [-0.05, 0) is 37.5 Å². The summed E-state index contributed by atoms with van der Waals surface area (Å²) in [5, 5.41) is 10.6. The maximum Gasteiger partial charge on any atom is 0.123 e. The molecule has 18 heavy (non-hydrogen) atoms. The number of hydrogen-bond donors (Lipinski definition) is 1.